The van der Waals surface area contributed by atoms with Gasteiger partial charge in [-0.25, -0.2) is 8.42 Å². The maximum Gasteiger partial charge on any atom is 0.417 e. The number of benzene rings is 3. The molecule has 3 aromatic carbocycles. The molecular formula is C23H20ClF3N2O3S. The van der Waals surface area contributed by atoms with Crippen LogP contribution in [0.5, 0.6) is 0 Å². The zero-order valence-corrected chi connectivity index (χ0v) is 19.2. The molecule has 0 fully saturated rings. The Morgan fingerprint density at radius 1 is 1.00 bits per heavy atom. The first-order valence-electron chi connectivity index (χ1n) is 9.71. The quantitative estimate of drug-likeness (QED) is 0.468. The maximum absolute atomic E-state index is 13.4. The lowest BCUT2D eigenvalue weighted by Gasteiger charge is -2.25. The molecule has 0 aliphatic heterocycles. The molecule has 0 saturated heterocycles. The number of carbonyl (C=O) groups excluding carboxylic acids is 1. The van der Waals surface area contributed by atoms with Crippen LogP contribution in [-0.2, 0) is 21.0 Å². The Balaban J connectivity index is 2.06. The average molecular weight is 497 g/mol. The van der Waals surface area contributed by atoms with E-state index in [0.717, 1.165) is 23.3 Å². The molecule has 0 bridgehead atoms. The Hall–Kier alpha value is -3.04. The molecule has 3 aromatic rings. The topological polar surface area (TPSA) is 66.5 Å². The molecule has 0 aromatic heterocycles. The van der Waals surface area contributed by atoms with Gasteiger partial charge in [0.25, 0.3) is 10.0 Å². The molecular weight excluding hydrogens is 477 g/mol. The van der Waals surface area contributed by atoms with Crippen LogP contribution in [-0.4, -0.2) is 20.9 Å². The normalized spacial score (nSPS) is 11.8. The van der Waals surface area contributed by atoms with Crippen LogP contribution in [0.4, 0.5) is 24.5 Å². The van der Waals surface area contributed by atoms with Crippen molar-refractivity contribution in [3.63, 3.8) is 0 Å². The summed E-state index contributed by atoms with van der Waals surface area (Å²) >= 11 is 5.70. The van der Waals surface area contributed by atoms with Crippen molar-refractivity contribution in [2.45, 2.75) is 24.9 Å². The monoisotopic (exact) mass is 496 g/mol. The molecule has 174 valence electrons. The van der Waals surface area contributed by atoms with Gasteiger partial charge in [-0.15, -0.1) is 0 Å². The molecule has 1 N–H and O–H groups in total. The van der Waals surface area contributed by atoms with Crippen LogP contribution in [0.2, 0.25) is 5.02 Å². The minimum absolute atomic E-state index is 0.166. The van der Waals surface area contributed by atoms with Gasteiger partial charge in [-0.05, 0) is 55.8 Å². The van der Waals surface area contributed by atoms with Crippen molar-refractivity contribution in [1.82, 2.24) is 0 Å². The second-order valence-corrected chi connectivity index (χ2v) is 9.62. The molecule has 10 heteroatoms. The number of anilines is 2. The van der Waals surface area contributed by atoms with Gasteiger partial charge < -0.3 is 5.32 Å². The van der Waals surface area contributed by atoms with E-state index in [1.165, 1.54) is 12.1 Å². The van der Waals surface area contributed by atoms with Gasteiger partial charge in [0.15, 0.2) is 0 Å². The predicted octanol–water partition coefficient (Wildman–Crippen LogP) is 5.81. The molecule has 33 heavy (non-hydrogen) atoms. The molecule has 0 aliphatic carbocycles. The molecule has 5 nitrogen and oxygen atoms in total. The Labute approximate surface area is 194 Å². The summed E-state index contributed by atoms with van der Waals surface area (Å²) in [6, 6.07) is 15.3. The molecule has 0 radical (unpaired) electrons. The molecule has 0 aliphatic rings. The fourth-order valence-corrected chi connectivity index (χ4v) is 4.71. The summed E-state index contributed by atoms with van der Waals surface area (Å²) in [5.74, 6) is -0.719. The van der Waals surface area contributed by atoms with Crippen LogP contribution in [0.1, 0.15) is 16.7 Å². The van der Waals surface area contributed by atoms with Gasteiger partial charge in [0.05, 0.1) is 21.2 Å². The standard InChI is InChI=1S/C23H20ClF3N2O3S/c1-15-7-10-18(11-8-15)33(31,32)29(14-22(30)28-21-6-4-3-5-16(21)2)17-9-12-20(24)19(13-17)23(25,26)27/h3-13H,14H2,1-2H3,(H,28,30). The van der Waals surface area contributed by atoms with E-state index in [1.54, 1.807) is 50.2 Å². The Morgan fingerprint density at radius 3 is 2.24 bits per heavy atom. The first-order valence-corrected chi connectivity index (χ1v) is 11.5. The third-order valence-corrected chi connectivity index (χ3v) is 6.98. The number of hydrogen-bond donors (Lipinski definition) is 1. The van der Waals surface area contributed by atoms with E-state index in [4.69, 9.17) is 11.6 Å². The highest BCUT2D eigenvalue weighted by Crippen LogP contribution is 2.38. The maximum atomic E-state index is 13.4. The minimum Gasteiger partial charge on any atom is -0.324 e. The van der Waals surface area contributed by atoms with Gasteiger partial charge >= 0.3 is 6.18 Å². The van der Waals surface area contributed by atoms with E-state index in [9.17, 15) is 26.4 Å². The van der Waals surface area contributed by atoms with E-state index in [0.29, 0.717) is 16.1 Å². The van der Waals surface area contributed by atoms with Crippen LogP contribution in [0.25, 0.3) is 0 Å². The van der Waals surface area contributed by atoms with E-state index < -0.39 is 39.2 Å². The SMILES string of the molecule is Cc1ccc(S(=O)(=O)N(CC(=O)Nc2ccccc2C)c2ccc(Cl)c(C(F)(F)F)c2)cc1. The van der Waals surface area contributed by atoms with Crippen LogP contribution in [0.3, 0.4) is 0 Å². The fraction of sp³-hybridized carbons (Fsp3) is 0.174. The molecule has 0 unspecified atom stereocenters. The Kier molecular flexibility index (Phi) is 7.04. The second-order valence-electron chi connectivity index (χ2n) is 7.35. The Morgan fingerprint density at radius 2 is 1.64 bits per heavy atom. The van der Waals surface area contributed by atoms with Crippen molar-refractivity contribution in [3.8, 4) is 0 Å². The fourth-order valence-electron chi connectivity index (χ4n) is 3.07. The largest absolute Gasteiger partial charge is 0.417 e. The highest BCUT2D eigenvalue weighted by molar-refractivity contribution is 7.92. The van der Waals surface area contributed by atoms with Gasteiger partial charge in [-0.1, -0.05) is 47.5 Å². The zero-order valence-electron chi connectivity index (χ0n) is 17.7. The van der Waals surface area contributed by atoms with Crippen molar-refractivity contribution in [2.24, 2.45) is 0 Å². The van der Waals surface area contributed by atoms with Crippen LogP contribution in [0.15, 0.2) is 71.6 Å². The number of amides is 1. The minimum atomic E-state index is -4.81. The van der Waals surface area contributed by atoms with E-state index in [1.807, 2.05) is 0 Å². The van der Waals surface area contributed by atoms with Crippen LogP contribution >= 0.6 is 11.6 Å². The third-order valence-electron chi connectivity index (χ3n) is 4.86. The third kappa shape index (κ3) is 5.66. The lowest BCUT2D eigenvalue weighted by atomic mass is 10.2. The van der Waals surface area contributed by atoms with Crippen molar-refractivity contribution in [1.29, 1.82) is 0 Å². The number of halogens is 4. The highest BCUT2D eigenvalue weighted by Gasteiger charge is 2.35. The summed E-state index contributed by atoms with van der Waals surface area (Å²) in [6.07, 6.45) is -4.81. The van der Waals surface area contributed by atoms with Gasteiger partial charge in [0.1, 0.15) is 6.54 Å². The summed E-state index contributed by atoms with van der Waals surface area (Å²) in [5, 5.41) is 2.03. The van der Waals surface area contributed by atoms with E-state index in [-0.39, 0.29) is 10.6 Å². The first kappa shape index (κ1) is 24.6. The highest BCUT2D eigenvalue weighted by atomic mass is 35.5. The summed E-state index contributed by atoms with van der Waals surface area (Å²) < 4.78 is 67.6. The number of nitrogens with zero attached hydrogens (tertiary/aromatic N) is 1. The lowest BCUT2D eigenvalue weighted by Crippen LogP contribution is -2.38. The number of para-hydroxylation sites is 1. The van der Waals surface area contributed by atoms with Crippen molar-refractivity contribution in [2.75, 3.05) is 16.2 Å². The first-order chi connectivity index (χ1) is 15.4. The van der Waals surface area contributed by atoms with Crippen molar-refractivity contribution < 1.29 is 26.4 Å². The summed E-state index contributed by atoms with van der Waals surface area (Å²) in [4.78, 5) is 12.6. The second kappa shape index (κ2) is 9.44. The molecule has 0 saturated carbocycles. The molecule has 1 amide bonds. The zero-order chi connectivity index (χ0) is 24.4. The van der Waals surface area contributed by atoms with E-state index >= 15 is 0 Å². The van der Waals surface area contributed by atoms with Crippen LogP contribution < -0.4 is 9.62 Å². The van der Waals surface area contributed by atoms with Gasteiger partial charge in [0.2, 0.25) is 5.91 Å². The number of rotatable bonds is 6. The number of nitrogens with one attached hydrogen (secondary N) is 1. The molecule has 0 heterocycles. The number of carbonyl (C=O) groups is 1. The van der Waals surface area contributed by atoms with Gasteiger partial charge in [0, 0.05) is 5.69 Å². The summed E-state index contributed by atoms with van der Waals surface area (Å²) in [5.41, 5.74) is 0.452. The average Bonchev–Trinajstić information content (AvgIpc) is 2.73. The predicted molar refractivity (Wildman–Crippen MR) is 122 cm³/mol. The van der Waals surface area contributed by atoms with Gasteiger partial charge in [-0.3, -0.25) is 9.10 Å². The summed E-state index contributed by atoms with van der Waals surface area (Å²) in [6.45, 7) is 2.77. The summed E-state index contributed by atoms with van der Waals surface area (Å²) in [7, 11) is -4.38. The molecule has 3 rings (SSSR count). The lowest BCUT2D eigenvalue weighted by molar-refractivity contribution is -0.137. The smallest absolute Gasteiger partial charge is 0.324 e. The van der Waals surface area contributed by atoms with Gasteiger partial charge in [-0.2, -0.15) is 13.2 Å². The Bertz CT molecular complexity index is 1280. The number of alkyl halides is 3. The number of hydrogen-bond acceptors (Lipinski definition) is 3. The van der Waals surface area contributed by atoms with E-state index in [2.05, 4.69) is 5.32 Å². The molecule has 0 spiro atoms. The molecule has 0 atom stereocenters. The number of aryl methyl sites for hydroxylation is 2. The number of sulfonamides is 1. The van der Waals surface area contributed by atoms with Crippen LogP contribution in [0, 0.1) is 13.8 Å². The van der Waals surface area contributed by atoms with Crippen molar-refractivity contribution in [3.05, 3.63) is 88.4 Å². The van der Waals surface area contributed by atoms with Crippen molar-refractivity contribution >= 4 is 38.9 Å².